The van der Waals surface area contributed by atoms with E-state index in [4.69, 9.17) is 5.73 Å². The second kappa shape index (κ2) is 9.80. The first kappa shape index (κ1) is 18.9. The normalized spacial score (nSPS) is 18.0. The topological polar surface area (TPSA) is 49.6 Å². The van der Waals surface area contributed by atoms with Crippen molar-refractivity contribution in [1.82, 2.24) is 9.80 Å². The molecular formula is C20H33N3O. The highest BCUT2D eigenvalue weighted by Gasteiger charge is 2.28. The van der Waals surface area contributed by atoms with Gasteiger partial charge in [-0.3, -0.25) is 9.69 Å². The van der Waals surface area contributed by atoms with E-state index in [9.17, 15) is 4.79 Å². The van der Waals surface area contributed by atoms with Crippen molar-refractivity contribution in [2.24, 2.45) is 5.73 Å². The predicted molar refractivity (Wildman–Crippen MR) is 100 cm³/mol. The number of rotatable bonds is 9. The molecule has 2 rings (SSSR count). The van der Waals surface area contributed by atoms with Crippen LogP contribution in [0.2, 0.25) is 0 Å². The van der Waals surface area contributed by atoms with Gasteiger partial charge in [-0.25, -0.2) is 0 Å². The summed E-state index contributed by atoms with van der Waals surface area (Å²) < 4.78 is 0. The summed E-state index contributed by atoms with van der Waals surface area (Å²) in [6.07, 6.45) is 5.58. The van der Waals surface area contributed by atoms with Crippen LogP contribution < -0.4 is 5.73 Å². The number of nitrogens with two attached hydrogens (primary N) is 1. The highest BCUT2D eigenvalue weighted by Crippen LogP contribution is 2.22. The molecule has 1 saturated heterocycles. The number of unbranched alkanes of at least 4 members (excludes halogenated alkanes) is 1. The summed E-state index contributed by atoms with van der Waals surface area (Å²) in [7, 11) is 0. The Hall–Kier alpha value is -1.39. The third kappa shape index (κ3) is 5.32. The van der Waals surface area contributed by atoms with Crippen molar-refractivity contribution < 1.29 is 4.79 Å². The lowest BCUT2D eigenvalue weighted by Gasteiger charge is -2.28. The number of likely N-dealkylation sites (tertiary alicyclic amines) is 1. The number of amides is 1. The van der Waals surface area contributed by atoms with Crippen molar-refractivity contribution in [2.75, 3.05) is 32.7 Å². The molecule has 0 aromatic heterocycles. The van der Waals surface area contributed by atoms with Gasteiger partial charge in [-0.05, 0) is 50.3 Å². The van der Waals surface area contributed by atoms with E-state index in [-0.39, 0.29) is 5.91 Å². The zero-order valence-corrected chi connectivity index (χ0v) is 15.3. The third-order valence-electron chi connectivity index (χ3n) is 5.09. The highest BCUT2D eigenvalue weighted by atomic mass is 16.2. The van der Waals surface area contributed by atoms with Crippen LogP contribution in [0.25, 0.3) is 0 Å². The number of carbonyl (C=O) groups excluding carboxylic acids is 1. The van der Waals surface area contributed by atoms with E-state index in [0.717, 1.165) is 32.4 Å². The quantitative estimate of drug-likeness (QED) is 0.757. The van der Waals surface area contributed by atoms with Gasteiger partial charge in [0.2, 0.25) is 5.91 Å². The van der Waals surface area contributed by atoms with Gasteiger partial charge in [0.25, 0.3) is 0 Å². The molecule has 1 atom stereocenters. The predicted octanol–water partition coefficient (Wildman–Crippen LogP) is 2.59. The number of hydrogen-bond acceptors (Lipinski definition) is 3. The molecule has 1 fully saturated rings. The molecule has 1 heterocycles. The van der Waals surface area contributed by atoms with Crippen LogP contribution in [0, 0.1) is 6.92 Å². The first-order valence-corrected chi connectivity index (χ1v) is 9.42. The van der Waals surface area contributed by atoms with Crippen molar-refractivity contribution >= 4 is 5.91 Å². The molecule has 134 valence electrons. The number of hydrogen-bond donors (Lipinski definition) is 1. The van der Waals surface area contributed by atoms with E-state index in [1.165, 1.54) is 24.0 Å². The van der Waals surface area contributed by atoms with E-state index in [1.807, 2.05) is 4.90 Å². The third-order valence-corrected chi connectivity index (χ3v) is 5.09. The molecule has 1 aliphatic rings. The maximum absolute atomic E-state index is 12.7. The highest BCUT2D eigenvalue weighted by molar-refractivity contribution is 5.78. The second-order valence-electron chi connectivity index (χ2n) is 6.92. The first-order valence-electron chi connectivity index (χ1n) is 9.42. The van der Waals surface area contributed by atoms with Crippen molar-refractivity contribution in [3.63, 3.8) is 0 Å². The van der Waals surface area contributed by atoms with Crippen LogP contribution in [-0.4, -0.2) is 54.5 Å². The van der Waals surface area contributed by atoms with Gasteiger partial charge in [-0.2, -0.15) is 0 Å². The summed E-state index contributed by atoms with van der Waals surface area (Å²) in [6.45, 7) is 7.96. The fourth-order valence-corrected chi connectivity index (χ4v) is 3.57. The summed E-state index contributed by atoms with van der Waals surface area (Å²) in [4.78, 5) is 17.0. The minimum absolute atomic E-state index is 0.241. The van der Waals surface area contributed by atoms with E-state index < -0.39 is 0 Å². The Morgan fingerprint density at radius 1 is 1.33 bits per heavy atom. The number of benzene rings is 1. The van der Waals surface area contributed by atoms with E-state index in [2.05, 4.69) is 43.0 Å². The van der Waals surface area contributed by atoms with Crippen LogP contribution in [-0.2, 0) is 11.2 Å². The molecule has 0 radical (unpaired) electrons. The molecule has 1 aliphatic heterocycles. The van der Waals surface area contributed by atoms with Gasteiger partial charge in [-0.15, -0.1) is 0 Å². The van der Waals surface area contributed by atoms with Crippen LogP contribution >= 0.6 is 0 Å². The van der Waals surface area contributed by atoms with Crippen molar-refractivity contribution in [3.8, 4) is 0 Å². The standard InChI is InChI=1S/C20H33N3O/c1-3-4-12-22(14-11-21)20(24)16-23-13-7-10-19(23)15-18-9-6-5-8-17(18)2/h5-6,8-9,19H,3-4,7,10-16,21H2,1-2H3. The molecule has 1 aromatic carbocycles. The molecule has 0 bridgehead atoms. The number of nitrogens with zero attached hydrogens (tertiary/aromatic N) is 2. The SMILES string of the molecule is CCCCN(CCN)C(=O)CN1CCCC1Cc1ccccc1C. The van der Waals surface area contributed by atoms with Gasteiger partial charge in [0.05, 0.1) is 6.54 Å². The Morgan fingerprint density at radius 2 is 2.12 bits per heavy atom. The molecule has 0 spiro atoms. The Morgan fingerprint density at radius 3 is 2.83 bits per heavy atom. The Labute approximate surface area is 147 Å². The van der Waals surface area contributed by atoms with Gasteiger partial charge in [0, 0.05) is 25.7 Å². The summed E-state index contributed by atoms with van der Waals surface area (Å²) in [6, 6.07) is 9.08. The van der Waals surface area contributed by atoms with Crippen LogP contribution in [0.4, 0.5) is 0 Å². The molecule has 0 saturated carbocycles. The van der Waals surface area contributed by atoms with Gasteiger partial charge in [-0.1, -0.05) is 37.6 Å². The largest absolute Gasteiger partial charge is 0.340 e. The van der Waals surface area contributed by atoms with E-state index in [1.54, 1.807) is 0 Å². The lowest BCUT2D eigenvalue weighted by molar-refractivity contribution is -0.132. The molecule has 24 heavy (non-hydrogen) atoms. The lowest BCUT2D eigenvalue weighted by Crippen LogP contribution is -2.44. The fourth-order valence-electron chi connectivity index (χ4n) is 3.57. The second-order valence-corrected chi connectivity index (χ2v) is 6.92. The molecule has 1 amide bonds. The number of aryl methyl sites for hydroxylation is 1. The lowest BCUT2D eigenvalue weighted by atomic mass is 10.00. The van der Waals surface area contributed by atoms with Gasteiger partial charge < -0.3 is 10.6 Å². The average Bonchev–Trinajstić information content (AvgIpc) is 3.00. The molecule has 1 unspecified atom stereocenters. The smallest absolute Gasteiger partial charge is 0.236 e. The van der Waals surface area contributed by atoms with Crippen molar-refractivity contribution in [2.45, 2.75) is 52.0 Å². The summed E-state index contributed by atoms with van der Waals surface area (Å²) in [5, 5.41) is 0. The molecule has 4 heteroatoms. The molecule has 0 aliphatic carbocycles. The van der Waals surface area contributed by atoms with Crippen LogP contribution in [0.1, 0.15) is 43.7 Å². The monoisotopic (exact) mass is 331 g/mol. The minimum Gasteiger partial charge on any atom is -0.340 e. The van der Waals surface area contributed by atoms with Crippen molar-refractivity contribution in [1.29, 1.82) is 0 Å². The van der Waals surface area contributed by atoms with Gasteiger partial charge in [0.1, 0.15) is 0 Å². The molecule has 2 N–H and O–H groups in total. The zero-order chi connectivity index (χ0) is 17.4. The van der Waals surface area contributed by atoms with E-state index in [0.29, 0.717) is 25.7 Å². The summed E-state index contributed by atoms with van der Waals surface area (Å²) >= 11 is 0. The van der Waals surface area contributed by atoms with Gasteiger partial charge >= 0.3 is 0 Å². The van der Waals surface area contributed by atoms with Crippen LogP contribution in [0.5, 0.6) is 0 Å². The Kier molecular flexibility index (Phi) is 7.73. The van der Waals surface area contributed by atoms with Crippen molar-refractivity contribution in [3.05, 3.63) is 35.4 Å². The molecule has 1 aromatic rings. The maximum atomic E-state index is 12.7. The fraction of sp³-hybridized carbons (Fsp3) is 0.650. The number of carbonyl (C=O) groups is 1. The van der Waals surface area contributed by atoms with Gasteiger partial charge in [0.15, 0.2) is 0 Å². The molecule has 4 nitrogen and oxygen atoms in total. The zero-order valence-electron chi connectivity index (χ0n) is 15.3. The Bertz CT molecular complexity index is 517. The minimum atomic E-state index is 0.241. The summed E-state index contributed by atoms with van der Waals surface area (Å²) in [5.74, 6) is 0.241. The maximum Gasteiger partial charge on any atom is 0.236 e. The Balaban J connectivity index is 1.94. The average molecular weight is 332 g/mol. The molecular weight excluding hydrogens is 298 g/mol. The summed E-state index contributed by atoms with van der Waals surface area (Å²) in [5.41, 5.74) is 8.45. The first-order chi connectivity index (χ1) is 11.7. The van der Waals surface area contributed by atoms with Crippen LogP contribution in [0.15, 0.2) is 24.3 Å². The van der Waals surface area contributed by atoms with Crippen LogP contribution in [0.3, 0.4) is 0 Å². The van der Waals surface area contributed by atoms with E-state index >= 15 is 0 Å².